The van der Waals surface area contributed by atoms with E-state index in [4.69, 9.17) is 9.15 Å². The lowest BCUT2D eigenvalue weighted by Crippen LogP contribution is -2.34. The predicted octanol–water partition coefficient (Wildman–Crippen LogP) is 2.65. The fourth-order valence-electron chi connectivity index (χ4n) is 2.81. The molecule has 31 heavy (non-hydrogen) atoms. The minimum Gasteiger partial charge on any atom is -0.418 e. The molecule has 2 aromatic heterocycles. The van der Waals surface area contributed by atoms with E-state index >= 15 is 0 Å². The van der Waals surface area contributed by atoms with Crippen molar-refractivity contribution in [2.24, 2.45) is 0 Å². The van der Waals surface area contributed by atoms with Gasteiger partial charge in [-0.25, -0.2) is 12.7 Å². The van der Waals surface area contributed by atoms with Gasteiger partial charge < -0.3 is 14.1 Å². The highest BCUT2D eigenvalue weighted by Crippen LogP contribution is 2.24. The molecule has 0 fully saturated rings. The maximum atomic E-state index is 13.3. The largest absolute Gasteiger partial charge is 0.418 e. The van der Waals surface area contributed by atoms with Crippen LogP contribution in [0.2, 0.25) is 0 Å². The monoisotopic (exact) mass is 464 g/mol. The molecule has 2 heterocycles. The Kier molecular flexibility index (Phi) is 7.21. The zero-order valence-electron chi connectivity index (χ0n) is 17.7. The molecule has 166 valence electrons. The molecule has 3 aromatic rings. The SMILES string of the molecule is COCCN(Cc1nnc(-c2cccs2)o1)C(=O)c1cc(S(=O)(=O)N(C)C)ccc1C. The van der Waals surface area contributed by atoms with E-state index in [0.717, 1.165) is 9.18 Å². The third kappa shape index (κ3) is 5.18. The van der Waals surface area contributed by atoms with Gasteiger partial charge in [-0.1, -0.05) is 12.1 Å². The van der Waals surface area contributed by atoms with Crippen molar-refractivity contribution in [3.8, 4) is 10.8 Å². The van der Waals surface area contributed by atoms with Gasteiger partial charge in [0.15, 0.2) is 0 Å². The molecule has 1 aromatic carbocycles. The van der Waals surface area contributed by atoms with Crippen LogP contribution in [-0.4, -0.2) is 68.1 Å². The summed E-state index contributed by atoms with van der Waals surface area (Å²) in [6.07, 6.45) is 0. The van der Waals surface area contributed by atoms with Gasteiger partial charge in [0.05, 0.1) is 22.9 Å². The van der Waals surface area contributed by atoms with Gasteiger partial charge in [0.1, 0.15) is 0 Å². The standard InChI is InChI=1S/C20H24N4O5S2/c1-14-7-8-15(31(26,27)23(2)3)12-16(14)20(25)24(9-10-28-4)13-18-21-22-19(29-18)17-6-5-11-30-17/h5-8,11-12H,9-10,13H2,1-4H3. The third-order valence-electron chi connectivity index (χ3n) is 4.60. The van der Waals surface area contributed by atoms with Crippen molar-refractivity contribution in [1.82, 2.24) is 19.4 Å². The van der Waals surface area contributed by atoms with Crippen LogP contribution < -0.4 is 0 Å². The summed E-state index contributed by atoms with van der Waals surface area (Å²) in [4.78, 5) is 15.7. The van der Waals surface area contributed by atoms with Crippen LogP contribution in [0, 0.1) is 6.92 Å². The summed E-state index contributed by atoms with van der Waals surface area (Å²) in [7, 11) is 0.760. The molecule has 0 saturated heterocycles. The van der Waals surface area contributed by atoms with E-state index < -0.39 is 10.0 Å². The Morgan fingerprint density at radius 1 is 1.23 bits per heavy atom. The van der Waals surface area contributed by atoms with Crippen LogP contribution in [0.15, 0.2) is 45.0 Å². The number of nitrogens with zero attached hydrogens (tertiary/aromatic N) is 4. The Labute approximate surface area is 185 Å². The zero-order valence-corrected chi connectivity index (χ0v) is 19.4. The second-order valence-corrected chi connectivity index (χ2v) is 10.1. The predicted molar refractivity (Wildman–Crippen MR) is 116 cm³/mol. The van der Waals surface area contributed by atoms with Crippen molar-refractivity contribution in [2.75, 3.05) is 34.4 Å². The molecule has 0 bridgehead atoms. The minimum atomic E-state index is -3.67. The highest BCUT2D eigenvalue weighted by Gasteiger charge is 2.24. The number of hydrogen-bond acceptors (Lipinski definition) is 8. The molecular weight excluding hydrogens is 440 g/mol. The number of methoxy groups -OCH3 is 1. The first-order valence-corrected chi connectivity index (χ1v) is 11.7. The number of rotatable bonds is 9. The summed E-state index contributed by atoms with van der Waals surface area (Å²) in [5.74, 6) is 0.322. The maximum absolute atomic E-state index is 13.3. The topological polar surface area (TPSA) is 106 Å². The molecule has 0 saturated carbocycles. The first kappa shape index (κ1) is 23.1. The molecule has 0 spiro atoms. The summed E-state index contributed by atoms with van der Waals surface area (Å²) >= 11 is 1.48. The van der Waals surface area contributed by atoms with E-state index in [1.54, 1.807) is 20.1 Å². The number of aryl methyl sites for hydroxylation is 1. The summed E-state index contributed by atoms with van der Waals surface area (Å²) in [5.41, 5.74) is 0.951. The van der Waals surface area contributed by atoms with Gasteiger partial charge in [-0.05, 0) is 36.1 Å². The lowest BCUT2D eigenvalue weighted by atomic mass is 10.1. The van der Waals surface area contributed by atoms with Crippen molar-refractivity contribution < 1.29 is 22.4 Å². The quantitative estimate of drug-likeness (QED) is 0.479. The van der Waals surface area contributed by atoms with Crippen LogP contribution in [0.1, 0.15) is 21.8 Å². The van der Waals surface area contributed by atoms with Gasteiger partial charge >= 0.3 is 0 Å². The molecule has 0 aliphatic carbocycles. The molecule has 0 N–H and O–H groups in total. The van der Waals surface area contributed by atoms with Crippen molar-refractivity contribution in [1.29, 1.82) is 0 Å². The zero-order chi connectivity index (χ0) is 22.6. The second-order valence-electron chi connectivity index (χ2n) is 6.96. The first-order chi connectivity index (χ1) is 14.7. The molecule has 11 heteroatoms. The van der Waals surface area contributed by atoms with E-state index in [1.165, 1.54) is 42.5 Å². The number of sulfonamides is 1. The van der Waals surface area contributed by atoms with Crippen molar-refractivity contribution in [2.45, 2.75) is 18.4 Å². The fraction of sp³-hybridized carbons (Fsp3) is 0.350. The first-order valence-electron chi connectivity index (χ1n) is 9.41. The summed E-state index contributed by atoms with van der Waals surface area (Å²) in [6.45, 7) is 2.41. The van der Waals surface area contributed by atoms with Gasteiger partial charge in [0.25, 0.3) is 11.8 Å². The van der Waals surface area contributed by atoms with Crippen LogP contribution in [0.5, 0.6) is 0 Å². The van der Waals surface area contributed by atoms with E-state index in [-0.39, 0.29) is 35.3 Å². The van der Waals surface area contributed by atoms with Crippen LogP contribution in [0.4, 0.5) is 0 Å². The molecule has 9 nitrogen and oxygen atoms in total. The highest BCUT2D eigenvalue weighted by atomic mass is 32.2. The number of hydrogen-bond donors (Lipinski definition) is 0. The van der Waals surface area contributed by atoms with Crippen LogP contribution >= 0.6 is 11.3 Å². The van der Waals surface area contributed by atoms with E-state index in [2.05, 4.69) is 10.2 Å². The Morgan fingerprint density at radius 2 is 2.00 bits per heavy atom. The summed E-state index contributed by atoms with van der Waals surface area (Å²) in [6, 6.07) is 8.27. The highest BCUT2D eigenvalue weighted by molar-refractivity contribution is 7.89. The lowest BCUT2D eigenvalue weighted by molar-refractivity contribution is 0.0662. The van der Waals surface area contributed by atoms with Gasteiger partial charge in [0.2, 0.25) is 15.9 Å². The Hall–Kier alpha value is -2.60. The maximum Gasteiger partial charge on any atom is 0.257 e. The average molecular weight is 465 g/mol. The number of carbonyl (C=O) groups is 1. The Bertz CT molecular complexity index is 1140. The van der Waals surface area contributed by atoms with E-state index in [1.807, 2.05) is 17.5 Å². The molecule has 0 unspecified atom stereocenters. The Morgan fingerprint density at radius 3 is 2.65 bits per heavy atom. The number of carbonyl (C=O) groups excluding carboxylic acids is 1. The molecule has 0 atom stereocenters. The Balaban J connectivity index is 1.90. The van der Waals surface area contributed by atoms with E-state index in [9.17, 15) is 13.2 Å². The smallest absolute Gasteiger partial charge is 0.257 e. The third-order valence-corrected chi connectivity index (χ3v) is 7.26. The van der Waals surface area contributed by atoms with Crippen molar-refractivity contribution in [3.63, 3.8) is 0 Å². The van der Waals surface area contributed by atoms with Gasteiger partial charge in [-0.15, -0.1) is 21.5 Å². The van der Waals surface area contributed by atoms with Crippen LogP contribution in [0.3, 0.4) is 0 Å². The normalized spacial score (nSPS) is 11.8. The number of benzene rings is 1. The van der Waals surface area contributed by atoms with E-state index in [0.29, 0.717) is 18.1 Å². The number of thiophene rings is 1. The lowest BCUT2D eigenvalue weighted by Gasteiger charge is -2.22. The molecule has 0 aliphatic heterocycles. The van der Waals surface area contributed by atoms with Gasteiger partial charge in [-0.3, -0.25) is 4.79 Å². The summed E-state index contributed by atoms with van der Waals surface area (Å²) < 4.78 is 37.0. The van der Waals surface area contributed by atoms with Crippen LogP contribution in [-0.2, 0) is 21.3 Å². The number of aromatic nitrogens is 2. The molecule has 0 radical (unpaired) electrons. The minimum absolute atomic E-state index is 0.0518. The van der Waals surface area contributed by atoms with Gasteiger partial charge in [0, 0.05) is 33.3 Å². The number of ether oxygens (including phenoxy) is 1. The molecule has 0 aliphatic rings. The van der Waals surface area contributed by atoms with Crippen molar-refractivity contribution >= 4 is 27.3 Å². The second kappa shape index (κ2) is 9.69. The number of amides is 1. The van der Waals surface area contributed by atoms with Crippen molar-refractivity contribution in [3.05, 3.63) is 52.7 Å². The molecule has 1 amide bonds. The molecule has 3 rings (SSSR count). The summed E-state index contributed by atoms with van der Waals surface area (Å²) in [5, 5.41) is 10.0. The average Bonchev–Trinajstić information content (AvgIpc) is 3.42. The fourth-order valence-corrected chi connectivity index (χ4v) is 4.38. The molecular formula is C20H24N4O5S2. The van der Waals surface area contributed by atoms with Crippen LogP contribution in [0.25, 0.3) is 10.8 Å². The van der Waals surface area contributed by atoms with Gasteiger partial charge in [-0.2, -0.15) is 0 Å².